The molecule has 1 aliphatic heterocycles. The van der Waals surface area contributed by atoms with Gasteiger partial charge in [0.1, 0.15) is 29.0 Å². The van der Waals surface area contributed by atoms with E-state index in [1.54, 1.807) is 32.2 Å². The van der Waals surface area contributed by atoms with Crippen LogP contribution in [-0.2, 0) is 15.7 Å². The van der Waals surface area contributed by atoms with Crippen molar-refractivity contribution in [1.29, 1.82) is 0 Å². The van der Waals surface area contributed by atoms with Gasteiger partial charge in [-0.3, -0.25) is 9.79 Å². The summed E-state index contributed by atoms with van der Waals surface area (Å²) in [7, 11) is 4.14. The first-order valence-electron chi connectivity index (χ1n) is 13.5. The summed E-state index contributed by atoms with van der Waals surface area (Å²) in [6.45, 7) is 1.61. The summed E-state index contributed by atoms with van der Waals surface area (Å²) in [4.78, 5) is 19.1. The number of ether oxygens (including phenoxy) is 3. The fourth-order valence-electron chi connectivity index (χ4n) is 5.50. The van der Waals surface area contributed by atoms with E-state index < -0.39 is 35.5 Å². The molecule has 0 saturated carbocycles. The van der Waals surface area contributed by atoms with Crippen molar-refractivity contribution >= 4 is 17.5 Å². The standard InChI is InChI=1S/C33H30F4N2O4/c1-32-25(9-6-10-29(32)34)26(19-30(40)43-4)39(27-18-23(33(35,36)37)15-16-28(27)42-3)31(38-32)21-13-11-20(12-14-21)22-7-5-8-24(17-22)41-2/h5-18,26,29H,19H2,1-4H3. The number of carbonyl (C=O) groups is 1. The molecule has 0 saturated heterocycles. The number of esters is 1. The molecule has 0 N–H and O–H groups in total. The number of hydrogen-bond acceptors (Lipinski definition) is 6. The number of allylic oxidation sites excluding steroid dienone is 2. The number of rotatable bonds is 7. The molecule has 0 bridgehead atoms. The van der Waals surface area contributed by atoms with Gasteiger partial charge in [-0.25, -0.2) is 4.39 Å². The first-order chi connectivity index (χ1) is 20.5. The first kappa shape index (κ1) is 29.9. The predicted octanol–water partition coefficient (Wildman–Crippen LogP) is 7.18. The largest absolute Gasteiger partial charge is 0.497 e. The monoisotopic (exact) mass is 594 g/mol. The molecule has 3 unspecified atom stereocenters. The van der Waals surface area contributed by atoms with Gasteiger partial charge >= 0.3 is 12.1 Å². The minimum atomic E-state index is -4.66. The molecule has 1 aliphatic carbocycles. The van der Waals surface area contributed by atoms with E-state index in [0.717, 1.165) is 23.3 Å². The van der Waals surface area contributed by atoms with E-state index in [-0.39, 0.29) is 23.7 Å². The van der Waals surface area contributed by atoms with Crippen LogP contribution in [-0.4, -0.2) is 50.9 Å². The number of anilines is 1. The topological polar surface area (TPSA) is 60.4 Å². The Morgan fingerprint density at radius 1 is 0.953 bits per heavy atom. The van der Waals surface area contributed by atoms with Crippen molar-refractivity contribution in [3.05, 3.63) is 102 Å². The fourth-order valence-corrected chi connectivity index (χ4v) is 5.50. The zero-order chi connectivity index (χ0) is 30.9. The second-order valence-electron chi connectivity index (χ2n) is 10.4. The summed E-state index contributed by atoms with van der Waals surface area (Å²) in [5, 5.41) is 0. The van der Waals surface area contributed by atoms with Gasteiger partial charge in [0, 0.05) is 5.56 Å². The third kappa shape index (κ3) is 5.61. The van der Waals surface area contributed by atoms with Crippen molar-refractivity contribution in [3.63, 3.8) is 0 Å². The van der Waals surface area contributed by atoms with Gasteiger partial charge in [-0.2, -0.15) is 13.2 Å². The predicted molar refractivity (Wildman–Crippen MR) is 156 cm³/mol. The number of fused-ring (bicyclic) bond motifs is 1. The number of hydrogen-bond donors (Lipinski definition) is 0. The van der Waals surface area contributed by atoms with Crippen LogP contribution in [0.5, 0.6) is 11.5 Å². The maximum atomic E-state index is 15.7. The molecule has 3 aromatic rings. The molecule has 43 heavy (non-hydrogen) atoms. The van der Waals surface area contributed by atoms with E-state index in [9.17, 15) is 18.0 Å². The molecule has 0 fully saturated rings. The maximum Gasteiger partial charge on any atom is 0.416 e. The number of benzene rings is 3. The smallest absolute Gasteiger partial charge is 0.416 e. The van der Waals surface area contributed by atoms with E-state index >= 15 is 4.39 Å². The lowest BCUT2D eigenvalue weighted by Gasteiger charge is -2.47. The average molecular weight is 595 g/mol. The Balaban J connectivity index is 1.74. The fraction of sp³-hybridized carbons (Fsp3) is 0.273. The molecule has 3 aromatic carbocycles. The van der Waals surface area contributed by atoms with Gasteiger partial charge in [-0.05, 0) is 60.0 Å². The summed E-state index contributed by atoms with van der Waals surface area (Å²) >= 11 is 0. The first-order valence-corrected chi connectivity index (χ1v) is 13.5. The molecule has 3 atom stereocenters. The minimum Gasteiger partial charge on any atom is -0.497 e. The molecule has 0 spiro atoms. The Morgan fingerprint density at radius 2 is 1.67 bits per heavy atom. The summed E-state index contributed by atoms with van der Waals surface area (Å²) in [6.07, 6.45) is -1.94. The minimum absolute atomic E-state index is 0.0229. The summed E-state index contributed by atoms with van der Waals surface area (Å²) in [5.41, 5.74) is 0.336. The Bertz CT molecular complexity index is 1610. The highest BCUT2D eigenvalue weighted by Gasteiger charge is 2.49. The van der Waals surface area contributed by atoms with Crippen LogP contribution < -0.4 is 14.4 Å². The lowest BCUT2D eigenvalue weighted by molar-refractivity contribution is -0.141. The van der Waals surface area contributed by atoms with Crippen molar-refractivity contribution < 1.29 is 36.6 Å². The van der Waals surface area contributed by atoms with E-state index in [2.05, 4.69) is 0 Å². The van der Waals surface area contributed by atoms with Crippen LogP contribution in [0.2, 0.25) is 0 Å². The van der Waals surface area contributed by atoms with Gasteiger partial charge in [0.2, 0.25) is 0 Å². The van der Waals surface area contributed by atoms with E-state index in [1.807, 2.05) is 36.4 Å². The van der Waals surface area contributed by atoms with E-state index in [0.29, 0.717) is 16.9 Å². The number of carbonyl (C=O) groups excluding carboxylic acids is 1. The lowest BCUT2D eigenvalue weighted by atomic mass is 9.76. The number of nitrogens with zero attached hydrogens (tertiary/aromatic N) is 2. The lowest BCUT2D eigenvalue weighted by Crippen LogP contribution is -2.56. The Labute approximate surface area is 246 Å². The van der Waals surface area contributed by atoms with Crippen molar-refractivity contribution in [2.45, 2.75) is 37.3 Å². The van der Waals surface area contributed by atoms with Crippen molar-refractivity contribution in [3.8, 4) is 22.6 Å². The zero-order valence-electron chi connectivity index (χ0n) is 24.0. The second-order valence-corrected chi connectivity index (χ2v) is 10.4. The molecule has 2 aliphatic rings. The van der Waals surface area contributed by atoms with Gasteiger partial charge in [-0.15, -0.1) is 0 Å². The van der Waals surface area contributed by atoms with Crippen LogP contribution in [0.25, 0.3) is 11.1 Å². The van der Waals surface area contributed by atoms with Crippen LogP contribution in [0.15, 0.2) is 95.5 Å². The number of amidine groups is 1. The normalized spacial score (nSPS) is 21.4. The quantitative estimate of drug-likeness (QED) is 0.214. The number of alkyl halides is 4. The van der Waals surface area contributed by atoms with Crippen molar-refractivity contribution in [2.24, 2.45) is 4.99 Å². The van der Waals surface area contributed by atoms with Crippen LogP contribution in [0.3, 0.4) is 0 Å². The average Bonchev–Trinajstić information content (AvgIpc) is 3.01. The molecule has 0 radical (unpaired) electrons. The molecule has 6 nitrogen and oxygen atoms in total. The molecular weight excluding hydrogens is 564 g/mol. The van der Waals surface area contributed by atoms with Gasteiger partial charge < -0.3 is 19.1 Å². The highest BCUT2D eigenvalue weighted by Crippen LogP contribution is 2.46. The summed E-state index contributed by atoms with van der Waals surface area (Å²) in [5.74, 6) is 0.360. The Morgan fingerprint density at radius 3 is 2.33 bits per heavy atom. The highest BCUT2D eigenvalue weighted by atomic mass is 19.4. The molecule has 5 rings (SSSR count). The molecule has 224 valence electrons. The third-order valence-corrected chi connectivity index (χ3v) is 7.81. The van der Waals surface area contributed by atoms with Gasteiger partial charge in [0.15, 0.2) is 0 Å². The molecule has 0 amide bonds. The third-order valence-electron chi connectivity index (χ3n) is 7.81. The van der Waals surface area contributed by atoms with Crippen molar-refractivity contribution in [1.82, 2.24) is 0 Å². The van der Waals surface area contributed by atoms with Gasteiger partial charge in [0.05, 0.1) is 45.0 Å². The van der Waals surface area contributed by atoms with Gasteiger partial charge in [0.25, 0.3) is 0 Å². The Kier molecular flexibility index (Phi) is 8.05. The molecule has 0 aromatic heterocycles. The van der Waals surface area contributed by atoms with Crippen LogP contribution >= 0.6 is 0 Å². The highest BCUT2D eigenvalue weighted by molar-refractivity contribution is 6.13. The van der Waals surface area contributed by atoms with Crippen LogP contribution in [0, 0.1) is 0 Å². The van der Waals surface area contributed by atoms with Crippen LogP contribution in [0.1, 0.15) is 24.5 Å². The summed E-state index contributed by atoms with van der Waals surface area (Å²) in [6, 6.07) is 16.8. The van der Waals surface area contributed by atoms with Crippen LogP contribution in [0.4, 0.5) is 23.2 Å². The second kappa shape index (κ2) is 11.6. The molecular formula is C33H30F4N2O4. The number of methoxy groups -OCH3 is 3. The molecule has 1 heterocycles. The number of aliphatic imine (C=N–C) groups is 1. The van der Waals surface area contributed by atoms with E-state index in [4.69, 9.17) is 19.2 Å². The number of halogens is 4. The van der Waals surface area contributed by atoms with E-state index in [1.165, 1.54) is 37.3 Å². The SMILES string of the molecule is COC(=O)CC1C2=CC=CC(F)C2(C)N=C(c2ccc(-c3cccc(OC)c3)cc2)N1c1cc(C(F)(F)F)ccc1OC. The maximum absolute atomic E-state index is 15.7. The van der Waals surface area contributed by atoms with Gasteiger partial charge in [-0.1, -0.05) is 48.6 Å². The Hall–Kier alpha value is -4.60. The van der Waals surface area contributed by atoms with Crippen molar-refractivity contribution in [2.75, 3.05) is 26.2 Å². The summed E-state index contributed by atoms with van der Waals surface area (Å²) < 4.78 is 73.4. The molecule has 10 heteroatoms. The zero-order valence-corrected chi connectivity index (χ0v) is 24.0.